The van der Waals surface area contributed by atoms with Crippen molar-refractivity contribution >= 4 is 39.0 Å². The van der Waals surface area contributed by atoms with Gasteiger partial charge in [0.15, 0.2) is 0 Å². The van der Waals surface area contributed by atoms with Crippen molar-refractivity contribution in [2.75, 3.05) is 31.6 Å². The number of rotatable bonds is 5. The summed E-state index contributed by atoms with van der Waals surface area (Å²) < 4.78 is 45.7. The first-order valence-electron chi connectivity index (χ1n) is 7.87. The first kappa shape index (κ1) is 18.7. The molecule has 3 rings (SSSR count). The Hall–Kier alpha value is -2.07. The van der Waals surface area contributed by atoms with E-state index in [1.165, 1.54) is 27.8 Å². The number of thiophene rings is 1. The highest BCUT2D eigenvalue weighted by Crippen LogP contribution is 2.24. The van der Waals surface area contributed by atoms with Gasteiger partial charge in [0.05, 0.1) is 13.2 Å². The molecule has 26 heavy (non-hydrogen) atoms. The maximum atomic E-state index is 14.1. The normalized spacial score (nSPS) is 16.0. The van der Waals surface area contributed by atoms with Gasteiger partial charge in [0, 0.05) is 29.7 Å². The Balaban J connectivity index is 1.78. The first-order valence-corrected chi connectivity index (χ1v) is 10.2. The summed E-state index contributed by atoms with van der Waals surface area (Å²) in [6, 6.07) is 7.22. The van der Waals surface area contributed by atoms with Crippen molar-refractivity contribution in [1.29, 1.82) is 0 Å². The predicted molar refractivity (Wildman–Crippen MR) is 98.0 cm³/mol. The number of hydrogen-bond acceptors (Lipinski definition) is 5. The molecule has 9 heteroatoms. The lowest BCUT2D eigenvalue weighted by atomic mass is 10.3. The number of ether oxygens (including phenoxy) is 1. The Bertz CT molecular complexity index is 905. The number of nitrogens with one attached hydrogen (secondary N) is 1. The van der Waals surface area contributed by atoms with E-state index in [1.54, 1.807) is 6.08 Å². The van der Waals surface area contributed by atoms with Crippen LogP contribution in [0.1, 0.15) is 4.88 Å². The predicted octanol–water partition coefficient (Wildman–Crippen LogP) is 2.56. The van der Waals surface area contributed by atoms with Gasteiger partial charge in [-0.1, -0.05) is 6.07 Å². The second kappa shape index (κ2) is 8.09. The summed E-state index contributed by atoms with van der Waals surface area (Å²) in [4.78, 5) is 12.4. The molecule has 2 aromatic rings. The van der Waals surface area contributed by atoms with Crippen LogP contribution in [0.4, 0.5) is 10.1 Å². The quantitative estimate of drug-likeness (QED) is 0.788. The number of anilines is 1. The molecule has 2 heterocycles. The van der Waals surface area contributed by atoms with Crippen LogP contribution in [-0.4, -0.2) is 44.9 Å². The lowest BCUT2D eigenvalue weighted by molar-refractivity contribution is -0.111. The third kappa shape index (κ3) is 4.36. The Labute approximate surface area is 154 Å². The van der Waals surface area contributed by atoms with E-state index < -0.39 is 26.6 Å². The smallest absolute Gasteiger partial charge is 0.248 e. The average Bonchev–Trinajstić information content (AvgIpc) is 3.16. The summed E-state index contributed by atoms with van der Waals surface area (Å²) in [6.45, 7) is 0.874. The summed E-state index contributed by atoms with van der Waals surface area (Å²) in [5.41, 5.74) is 0.207. The Morgan fingerprint density at radius 2 is 2.04 bits per heavy atom. The van der Waals surface area contributed by atoms with Crippen molar-refractivity contribution in [3.63, 3.8) is 0 Å². The van der Waals surface area contributed by atoms with Gasteiger partial charge in [-0.05, 0) is 35.7 Å². The van der Waals surface area contributed by atoms with Gasteiger partial charge in [0.25, 0.3) is 0 Å². The number of halogens is 1. The minimum atomic E-state index is -3.99. The summed E-state index contributed by atoms with van der Waals surface area (Å²) in [5, 5.41) is 4.44. The van der Waals surface area contributed by atoms with Crippen LogP contribution >= 0.6 is 11.3 Å². The fourth-order valence-corrected chi connectivity index (χ4v) is 4.55. The largest absolute Gasteiger partial charge is 0.379 e. The highest BCUT2D eigenvalue weighted by atomic mass is 32.2. The molecule has 0 atom stereocenters. The summed E-state index contributed by atoms with van der Waals surface area (Å²) in [6.07, 6.45) is 2.99. The van der Waals surface area contributed by atoms with Crippen LogP contribution in [0.5, 0.6) is 0 Å². The molecule has 1 aromatic carbocycles. The molecular formula is C17H17FN2O4S2. The van der Waals surface area contributed by atoms with E-state index in [9.17, 15) is 17.6 Å². The van der Waals surface area contributed by atoms with Gasteiger partial charge in [-0.2, -0.15) is 4.31 Å². The summed E-state index contributed by atoms with van der Waals surface area (Å²) in [5.74, 6) is -1.29. The van der Waals surface area contributed by atoms with Gasteiger partial charge < -0.3 is 10.1 Å². The number of benzene rings is 1. The molecule has 0 unspecified atom stereocenters. The lowest BCUT2D eigenvalue weighted by Crippen LogP contribution is -2.40. The van der Waals surface area contributed by atoms with E-state index in [-0.39, 0.29) is 32.0 Å². The van der Waals surface area contributed by atoms with Crippen molar-refractivity contribution in [2.24, 2.45) is 0 Å². The monoisotopic (exact) mass is 396 g/mol. The Kier molecular flexibility index (Phi) is 5.82. The van der Waals surface area contributed by atoms with Gasteiger partial charge in [-0.15, -0.1) is 11.3 Å². The van der Waals surface area contributed by atoms with E-state index in [4.69, 9.17) is 4.74 Å². The number of nitrogens with zero attached hydrogens (tertiary/aromatic N) is 1. The van der Waals surface area contributed by atoms with Crippen LogP contribution in [0.2, 0.25) is 0 Å². The highest BCUT2D eigenvalue weighted by Gasteiger charge is 2.29. The zero-order valence-electron chi connectivity index (χ0n) is 13.7. The van der Waals surface area contributed by atoms with Gasteiger partial charge in [0.2, 0.25) is 15.9 Å². The topological polar surface area (TPSA) is 75.7 Å². The van der Waals surface area contributed by atoms with Gasteiger partial charge in [-0.25, -0.2) is 12.8 Å². The number of amides is 1. The van der Waals surface area contributed by atoms with E-state index >= 15 is 0 Å². The van der Waals surface area contributed by atoms with Gasteiger partial charge >= 0.3 is 0 Å². The molecule has 0 saturated carbocycles. The van der Waals surface area contributed by atoms with Crippen LogP contribution in [0.25, 0.3) is 6.08 Å². The summed E-state index contributed by atoms with van der Waals surface area (Å²) >= 11 is 1.48. The van der Waals surface area contributed by atoms with Gasteiger partial charge in [0.1, 0.15) is 10.7 Å². The van der Waals surface area contributed by atoms with Gasteiger partial charge in [-0.3, -0.25) is 4.79 Å². The second-order valence-electron chi connectivity index (χ2n) is 5.50. The number of sulfonamides is 1. The number of carbonyl (C=O) groups excluding carboxylic acids is 1. The third-order valence-electron chi connectivity index (χ3n) is 3.73. The van der Waals surface area contributed by atoms with E-state index in [0.717, 1.165) is 17.0 Å². The molecule has 6 nitrogen and oxygen atoms in total. The minimum Gasteiger partial charge on any atom is -0.379 e. The van der Waals surface area contributed by atoms with Crippen LogP contribution in [-0.2, 0) is 19.6 Å². The zero-order valence-corrected chi connectivity index (χ0v) is 15.4. The second-order valence-corrected chi connectivity index (χ2v) is 8.39. The molecular weight excluding hydrogens is 379 g/mol. The molecule has 1 saturated heterocycles. The molecule has 138 valence electrons. The lowest BCUT2D eigenvalue weighted by Gasteiger charge is -2.26. The average molecular weight is 396 g/mol. The fraction of sp³-hybridized carbons (Fsp3) is 0.235. The molecule has 1 fully saturated rings. The van der Waals surface area contributed by atoms with Crippen LogP contribution in [0.3, 0.4) is 0 Å². The molecule has 0 radical (unpaired) electrons. The minimum absolute atomic E-state index is 0.169. The first-order chi connectivity index (χ1) is 12.5. The molecule has 1 aliphatic rings. The number of morpholine rings is 1. The number of carbonyl (C=O) groups is 1. The van der Waals surface area contributed by atoms with Crippen LogP contribution in [0.15, 0.2) is 46.7 Å². The van der Waals surface area contributed by atoms with Crippen LogP contribution < -0.4 is 5.32 Å². The molecule has 0 bridgehead atoms. The maximum absolute atomic E-state index is 14.1. The SMILES string of the molecule is O=C(/C=C/c1cccs1)Nc1ccc(F)c(S(=O)(=O)N2CCOCC2)c1. The van der Waals surface area contributed by atoms with Crippen LogP contribution in [0, 0.1) is 5.82 Å². The molecule has 1 aliphatic heterocycles. The van der Waals surface area contributed by atoms with Crippen molar-refractivity contribution in [2.45, 2.75) is 4.90 Å². The van der Waals surface area contributed by atoms with E-state index in [0.29, 0.717) is 0 Å². The molecule has 1 aromatic heterocycles. The zero-order chi connectivity index (χ0) is 18.6. The molecule has 0 aliphatic carbocycles. The van der Waals surface area contributed by atoms with Crippen molar-refractivity contribution in [1.82, 2.24) is 4.31 Å². The van der Waals surface area contributed by atoms with E-state index in [1.807, 2.05) is 17.5 Å². The standard InChI is InChI=1S/C17H17FN2O4S2/c18-15-5-3-13(19-17(21)6-4-14-2-1-11-25-14)12-16(15)26(22,23)20-7-9-24-10-8-20/h1-6,11-12H,7-10H2,(H,19,21)/b6-4+. The molecule has 1 amide bonds. The highest BCUT2D eigenvalue weighted by molar-refractivity contribution is 7.89. The fourth-order valence-electron chi connectivity index (χ4n) is 2.43. The van der Waals surface area contributed by atoms with Crippen molar-refractivity contribution < 1.29 is 22.3 Å². The molecule has 0 spiro atoms. The summed E-state index contributed by atoms with van der Waals surface area (Å²) in [7, 11) is -3.99. The Morgan fingerprint density at radius 1 is 1.27 bits per heavy atom. The van der Waals surface area contributed by atoms with Crippen molar-refractivity contribution in [3.8, 4) is 0 Å². The Morgan fingerprint density at radius 3 is 2.73 bits per heavy atom. The van der Waals surface area contributed by atoms with Crippen molar-refractivity contribution in [3.05, 3.63) is 52.5 Å². The van der Waals surface area contributed by atoms with E-state index in [2.05, 4.69) is 5.32 Å². The third-order valence-corrected chi connectivity index (χ3v) is 6.48. The maximum Gasteiger partial charge on any atom is 0.248 e. The molecule has 1 N–H and O–H groups in total. The number of hydrogen-bond donors (Lipinski definition) is 1.